The van der Waals surface area contributed by atoms with Gasteiger partial charge in [0.2, 0.25) is 0 Å². The Morgan fingerprint density at radius 2 is 1.65 bits per heavy atom. The van der Waals surface area contributed by atoms with E-state index >= 15 is 0 Å². The molecule has 0 spiro atoms. The molecule has 1 aliphatic rings. The average Bonchev–Trinajstić information content (AvgIpc) is 2.63. The third-order valence-corrected chi connectivity index (χ3v) is 4.31. The lowest BCUT2D eigenvalue weighted by atomic mass is 10.1. The van der Waals surface area contributed by atoms with Crippen LogP contribution >= 0.6 is 0 Å². The summed E-state index contributed by atoms with van der Waals surface area (Å²) in [5.74, 6) is 0.825. The SMILES string of the molecule is c1ccc(CN2CCc3cnc(-c4ccccc4)nc3C2)cc1. The van der Waals surface area contributed by atoms with Crippen LogP contribution in [0.4, 0.5) is 0 Å². The van der Waals surface area contributed by atoms with Crippen LogP contribution in [0.25, 0.3) is 11.4 Å². The lowest BCUT2D eigenvalue weighted by molar-refractivity contribution is 0.241. The van der Waals surface area contributed by atoms with E-state index in [0.717, 1.165) is 37.4 Å². The van der Waals surface area contributed by atoms with E-state index in [9.17, 15) is 0 Å². The largest absolute Gasteiger partial charge is 0.293 e. The first-order valence-electron chi connectivity index (χ1n) is 8.05. The van der Waals surface area contributed by atoms with Gasteiger partial charge in [0.15, 0.2) is 5.82 Å². The molecule has 0 radical (unpaired) electrons. The fourth-order valence-corrected chi connectivity index (χ4v) is 3.06. The van der Waals surface area contributed by atoms with Crippen molar-refractivity contribution in [3.63, 3.8) is 0 Å². The Bertz CT molecular complexity index is 784. The van der Waals surface area contributed by atoms with Crippen LogP contribution in [0.1, 0.15) is 16.8 Å². The van der Waals surface area contributed by atoms with Gasteiger partial charge in [0, 0.05) is 31.4 Å². The summed E-state index contributed by atoms with van der Waals surface area (Å²) in [5, 5.41) is 0. The maximum Gasteiger partial charge on any atom is 0.159 e. The number of hydrogen-bond acceptors (Lipinski definition) is 3. The zero-order chi connectivity index (χ0) is 15.5. The quantitative estimate of drug-likeness (QED) is 0.738. The van der Waals surface area contributed by atoms with E-state index in [1.165, 1.54) is 16.8 Å². The summed E-state index contributed by atoms with van der Waals surface area (Å²) >= 11 is 0. The molecule has 0 unspecified atom stereocenters. The van der Waals surface area contributed by atoms with Crippen LogP contribution in [-0.2, 0) is 19.5 Å². The summed E-state index contributed by atoms with van der Waals surface area (Å²) in [6, 6.07) is 20.8. The van der Waals surface area contributed by atoms with Gasteiger partial charge in [-0.3, -0.25) is 4.90 Å². The topological polar surface area (TPSA) is 29.0 Å². The molecule has 23 heavy (non-hydrogen) atoms. The molecular weight excluding hydrogens is 282 g/mol. The van der Waals surface area contributed by atoms with Crippen LogP contribution in [0, 0.1) is 0 Å². The molecule has 3 aromatic rings. The van der Waals surface area contributed by atoms with Crippen LogP contribution in [0.2, 0.25) is 0 Å². The molecule has 2 heterocycles. The predicted molar refractivity (Wildman–Crippen MR) is 91.7 cm³/mol. The monoisotopic (exact) mass is 301 g/mol. The number of fused-ring (bicyclic) bond motifs is 1. The molecule has 2 aromatic carbocycles. The van der Waals surface area contributed by atoms with Gasteiger partial charge in [-0.05, 0) is 17.5 Å². The lowest BCUT2D eigenvalue weighted by Crippen LogP contribution is -2.31. The molecule has 0 aliphatic carbocycles. The molecule has 0 amide bonds. The average molecular weight is 301 g/mol. The van der Waals surface area contributed by atoms with E-state index < -0.39 is 0 Å². The highest BCUT2D eigenvalue weighted by Gasteiger charge is 2.18. The summed E-state index contributed by atoms with van der Waals surface area (Å²) in [4.78, 5) is 11.8. The van der Waals surface area contributed by atoms with Crippen molar-refractivity contribution in [3.8, 4) is 11.4 Å². The normalized spacial score (nSPS) is 14.4. The van der Waals surface area contributed by atoms with Crippen molar-refractivity contribution in [3.05, 3.63) is 83.7 Å². The second-order valence-electron chi connectivity index (χ2n) is 5.98. The second-order valence-corrected chi connectivity index (χ2v) is 5.98. The first-order valence-corrected chi connectivity index (χ1v) is 8.05. The van der Waals surface area contributed by atoms with Gasteiger partial charge in [0.05, 0.1) is 5.69 Å². The van der Waals surface area contributed by atoms with Crippen LogP contribution in [-0.4, -0.2) is 21.4 Å². The number of rotatable bonds is 3. The molecule has 0 saturated heterocycles. The van der Waals surface area contributed by atoms with E-state index in [1.54, 1.807) is 0 Å². The molecule has 0 saturated carbocycles. The number of nitrogens with zero attached hydrogens (tertiary/aromatic N) is 3. The number of hydrogen-bond donors (Lipinski definition) is 0. The second kappa shape index (κ2) is 6.31. The van der Waals surface area contributed by atoms with E-state index in [2.05, 4.69) is 52.3 Å². The van der Waals surface area contributed by atoms with E-state index in [-0.39, 0.29) is 0 Å². The van der Waals surface area contributed by atoms with Gasteiger partial charge in [-0.25, -0.2) is 9.97 Å². The van der Waals surface area contributed by atoms with Crippen molar-refractivity contribution in [1.29, 1.82) is 0 Å². The van der Waals surface area contributed by atoms with E-state index in [4.69, 9.17) is 4.98 Å². The molecular formula is C20H19N3. The Hall–Kier alpha value is -2.52. The third-order valence-electron chi connectivity index (χ3n) is 4.31. The minimum absolute atomic E-state index is 0.825. The Morgan fingerprint density at radius 3 is 2.43 bits per heavy atom. The summed E-state index contributed by atoms with van der Waals surface area (Å²) in [6.07, 6.45) is 3.03. The molecule has 0 N–H and O–H groups in total. The third kappa shape index (κ3) is 3.15. The first-order chi connectivity index (χ1) is 11.4. The molecule has 1 aliphatic heterocycles. The Labute approximate surface area is 136 Å². The lowest BCUT2D eigenvalue weighted by Gasteiger charge is -2.28. The Kier molecular flexibility index (Phi) is 3.86. The zero-order valence-corrected chi connectivity index (χ0v) is 13.0. The highest BCUT2D eigenvalue weighted by Crippen LogP contribution is 2.21. The molecule has 3 nitrogen and oxygen atoms in total. The van der Waals surface area contributed by atoms with Crippen molar-refractivity contribution >= 4 is 0 Å². The minimum atomic E-state index is 0.825. The van der Waals surface area contributed by atoms with Crippen molar-refractivity contribution in [2.45, 2.75) is 19.5 Å². The van der Waals surface area contributed by atoms with Gasteiger partial charge in [-0.2, -0.15) is 0 Å². The summed E-state index contributed by atoms with van der Waals surface area (Å²) in [5.41, 5.74) is 4.89. The molecule has 3 heteroatoms. The van der Waals surface area contributed by atoms with Gasteiger partial charge in [0.25, 0.3) is 0 Å². The smallest absolute Gasteiger partial charge is 0.159 e. The maximum atomic E-state index is 4.82. The van der Waals surface area contributed by atoms with Gasteiger partial charge >= 0.3 is 0 Å². The summed E-state index contributed by atoms with van der Waals surface area (Å²) < 4.78 is 0. The van der Waals surface area contributed by atoms with Crippen molar-refractivity contribution in [2.24, 2.45) is 0 Å². The number of aromatic nitrogens is 2. The fraction of sp³-hybridized carbons (Fsp3) is 0.200. The zero-order valence-electron chi connectivity index (χ0n) is 13.0. The van der Waals surface area contributed by atoms with E-state index in [0.29, 0.717) is 0 Å². The van der Waals surface area contributed by atoms with Crippen LogP contribution in [0.3, 0.4) is 0 Å². The fourth-order valence-electron chi connectivity index (χ4n) is 3.06. The predicted octanol–water partition coefficient (Wildman–Crippen LogP) is 3.70. The van der Waals surface area contributed by atoms with Crippen molar-refractivity contribution < 1.29 is 0 Å². The van der Waals surface area contributed by atoms with Gasteiger partial charge in [-0.15, -0.1) is 0 Å². The molecule has 0 fully saturated rings. The van der Waals surface area contributed by atoms with Crippen LogP contribution < -0.4 is 0 Å². The van der Waals surface area contributed by atoms with Crippen LogP contribution in [0.5, 0.6) is 0 Å². The maximum absolute atomic E-state index is 4.82. The highest BCUT2D eigenvalue weighted by molar-refractivity contribution is 5.54. The first kappa shape index (κ1) is 14.1. The minimum Gasteiger partial charge on any atom is -0.293 e. The van der Waals surface area contributed by atoms with Gasteiger partial charge < -0.3 is 0 Å². The Balaban J connectivity index is 1.56. The van der Waals surface area contributed by atoms with Gasteiger partial charge in [-0.1, -0.05) is 60.7 Å². The van der Waals surface area contributed by atoms with E-state index in [1.807, 2.05) is 24.4 Å². The molecule has 0 atom stereocenters. The summed E-state index contributed by atoms with van der Waals surface area (Å²) in [7, 11) is 0. The molecule has 0 bridgehead atoms. The summed E-state index contributed by atoms with van der Waals surface area (Å²) in [6.45, 7) is 2.94. The van der Waals surface area contributed by atoms with Crippen LogP contribution in [0.15, 0.2) is 66.9 Å². The van der Waals surface area contributed by atoms with Crippen molar-refractivity contribution in [2.75, 3.05) is 6.54 Å². The molecule has 1 aromatic heterocycles. The molecule has 4 rings (SSSR count). The standard InChI is InChI=1S/C20H19N3/c1-3-7-16(8-4-1)14-23-12-11-18-13-21-20(22-19(18)15-23)17-9-5-2-6-10-17/h1-10,13H,11-12,14-15H2. The molecule has 114 valence electrons. The highest BCUT2D eigenvalue weighted by atomic mass is 15.1. The number of benzene rings is 2. The Morgan fingerprint density at radius 1 is 0.913 bits per heavy atom. The van der Waals surface area contributed by atoms with Gasteiger partial charge in [0.1, 0.15) is 0 Å². The van der Waals surface area contributed by atoms with Crippen molar-refractivity contribution in [1.82, 2.24) is 14.9 Å².